The summed E-state index contributed by atoms with van der Waals surface area (Å²) in [6, 6.07) is 11.9. The van der Waals surface area contributed by atoms with E-state index in [1.807, 2.05) is 0 Å². The highest BCUT2D eigenvalue weighted by molar-refractivity contribution is 6.06. The Hall–Kier alpha value is -4.01. The smallest absolute Gasteiger partial charge is 0.302 e. The summed E-state index contributed by atoms with van der Waals surface area (Å²) < 4.78 is 20.8. The van der Waals surface area contributed by atoms with Crippen molar-refractivity contribution >= 4 is 23.9 Å². The van der Waals surface area contributed by atoms with Gasteiger partial charge in [0.05, 0.1) is 19.3 Å². The van der Waals surface area contributed by atoms with Crippen molar-refractivity contribution in [2.75, 3.05) is 27.1 Å². The summed E-state index contributed by atoms with van der Waals surface area (Å²) in [5.41, 5.74) is 0.959. The standard InChI is InChI=1S/C23H24N2O7/c1-15(26)30-11-5-10-24-23(28)18(12-16-8-9-20-21(13-16)32-14-31-20)25-22(27)17-6-3-4-7-19(17)29-2/h3-4,6-9,12-13H,5,10-11,14H2,1-2H3,(H,24,28)(H,25,27)/b18-12+. The number of rotatable bonds is 9. The first-order chi connectivity index (χ1) is 15.5. The number of carbonyl (C=O) groups excluding carboxylic acids is 3. The molecule has 0 fully saturated rings. The summed E-state index contributed by atoms with van der Waals surface area (Å²) in [6.07, 6.45) is 1.97. The maximum absolute atomic E-state index is 12.9. The van der Waals surface area contributed by atoms with Gasteiger partial charge in [-0.2, -0.15) is 0 Å². The Balaban J connectivity index is 1.78. The fourth-order valence-corrected chi connectivity index (χ4v) is 2.94. The van der Waals surface area contributed by atoms with E-state index in [1.165, 1.54) is 20.1 Å². The predicted octanol–water partition coefficient (Wildman–Crippen LogP) is 2.26. The number of nitrogens with one attached hydrogen (secondary N) is 2. The van der Waals surface area contributed by atoms with E-state index in [4.69, 9.17) is 18.9 Å². The quantitative estimate of drug-likeness (QED) is 0.349. The number of hydrogen-bond donors (Lipinski definition) is 2. The molecule has 32 heavy (non-hydrogen) atoms. The maximum Gasteiger partial charge on any atom is 0.302 e. The largest absolute Gasteiger partial charge is 0.496 e. The lowest BCUT2D eigenvalue weighted by Gasteiger charge is -2.13. The minimum absolute atomic E-state index is 0.0345. The van der Waals surface area contributed by atoms with E-state index in [1.54, 1.807) is 42.5 Å². The molecular weight excluding hydrogens is 416 g/mol. The van der Waals surface area contributed by atoms with Gasteiger partial charge in [0.25, 0.3) is 11.8 Å². The SMILES string of the molecule is COc1ccccc1C(=O)N/C(=C/c1ccc2c(c1)OCO2)C(=O)NCCCOC(C)=O. The van der Waals surface area contributed by atoms with Gasteiger partial charge in [0.2, 0.25) is 6.79 Å². The van der Waals surface area contributed by atoms with Crippen LogP contribution in [-0.4, -0.2) is 44.8 Å². The highest BCUT2D eigenvalue weighted by Crippen LogP contribution is 2.33. The zero-order valence-corrected chi connectivity index (χ0v) is 17.8. The summed E-state index contributed by atoms with van der Waals surface area (Å²) in [7, 11) is 1.46. The molecule has 0 saturated carbocycles. The van der Waals surface area contributed by atoms with Crippen molar-refractivity contribution in [2.24, 2.45) is 0 Å². The lowest BCUT2D eigenvalue weighted by atomic mass is 10.1. The molecule has 2 N–H and O–H groups in total. The summed E-state index contributed by atoms with van der Waals surface area (Å²) in [5, 5.41) is 5.37. The number of para-hydroxylation sites is 1. The molecule has 0 unspecified atom stereocenters. The molecule has 1 aliphatic rings. The third-order valence-corrected chi connectivity index (χ3v) is 4.46. The number of esters is 1. The van der Waals surface area contributed by atoms with E-state index >= 15 is 0 Å². The number of methoxy groups -OCH3 is 1. The Morgan fingerprint density at radius 2 is 1.88 bits per heavy atom. The van der Waals surface area contributed by atoms with Crippen LogP contribution in [0.15, 0.2) is 48.2 Å². The molecule has 0 bridgehead atoms. The molecule has 0 radical (unpaired) electrons. The fraction of sp³-hybridized carbons (Fsp3) is 0.261. The van der Waals surface area contributed by atoms with Gasteiger partial charge in [0, 0.05) is 13.5 Å². The summed E-state index contributed by atoms with van der Waals surface area (Å²) in [5.74, 6) is 0.170. The van der Waals surface area contributed by atoms with E-state index in [9.17, 15) is 14.4 Å². The molecule has 0 aromatic heterocycles. The fourth-order valence-electron chi connectivity index (χ4n) is 2.94. The second-order valence-corrected chi connectivity index (χ2v) is 6.77. The van der Waals surface area contributed by atoms with E-state index in [-0.39, 0.29) is 37.2 Å². The lowest BCUT2D eigenvalue weighted by molar-refractivity contribution is -0.141. The van der Waals surface area contributed by atoms with Gasteiger partial charge >= 0.3 is 5.97 Å². The first-order valence-corrected chi connectivity index (χ1v) is 9.95. The molecule has 2 aromatic rings. The van der Waals surface area contributed by atoms with Crippen LogP contribution in [0.25, 0.3) is 6.08 Å². The van der Waals surface area contributed by atoms with Gasteiger partial charge in [-0.15, -0.1) is 0 Å². The normalized spacial score (nSPS) is 12.1. The average Bonchev–Trinajstić information content (AvgIpc) is 3.26. The third-order valence-electron chi connectivity index (χ3n) is 4.46. The van der Waals surface area contributed by atoms with Gasteiger partial charge in [-0.1, -0.05) is 18.2 Å². The van der Waals surface area contributed by atoms with Crippen LogP contribution in [0.5, 0.6) is 17.2 Å². The van der Waals surface area contributed by atoms with Crippen molar-refractivity contribution in [3.8, 4) is 17.2 Å². The van der Waals surface area contributed by atoms with Crippen molar-refractivity contribution in [2.45, 2.75) is 13.3 Å². The molecule has 0 aliphatic carbocycles. The Bertz CT molecular complexity index is 1030. The molecule has 9 nitrogen and oxygen atoms in total. The highest BCUT2D eigenvalue weighted by atomic mass is 16.7. The molecule has 3 rings (SSSR count). The van der Waals surface area contributed by atoms with Crippen LogP contribution in [0.1, 0.15) is 29.3 Å². The number of ether oxygens (including phenoxy) is 4. The van der Waals surface area contributed by atoms with Gasteiger partial charge in [0.1, 0.15) is 11.4 Å². The van der Waals surface area contributed by atoms with Crippen molar-refractivity contribution in [3.05, 3.63) is 59.3 Å². The van der Waals surface area contributed by atoms with Crippen LogP contribution in [0.3, 0.4) is 0 Å². The van der Waals surface area contributed by atoms with Crippen LogP contribution in [-0.2, 0) is 14.3 Å². The van der Waals surface area contributed by atoms with Crippen molar-refractivity contribution < 1.29 is 33.3 Å². The predicted molar refractivity (Wildman–Crippen MR) is 115 cm³/mol. The van der Waals surface area contributed by atoms with Gasteiger partial charge < -0.3 is 29.6 Å². The molecule has 1 heterocycles. The molecule has 0 spiro atoms. The molecule has 2 amide bonds. The lowest BCUT2D eigenvalue weighted by Crippen LogP contribution is -2.35. The van der Waals surface area contributed by atoms with Crippen LogP contribution in [0, 0.1) is 0 Å². The second-order valence-electron chi connectivity index (χ2n) is 6.77. The number of benzene rings is 2. The Labute approximate surface area is 185 Å². The van der Waals surface area contributed by atoms with Crippen LogP contribution < -0.4 is 24.8 Å². The zero-order chi connectivity index (χ0) is 22.9. The van der Waals surface area contributed by atoms with Crippen molar-refractivity contribution in [1.82, 2.24) is 10.6 Å². The van der Waals surface area contributed by atoms with E-state index < -0.39 is 11.8 Å². The summed E-state index contributed by atoms with van der Waals surface area (Å²) in [4.78, 5) is 36.5. The van der Waals surface area contributed by atoms with Crippen LogP contribution in [0.2, 0.25) is 0 Å². The van der Waals surface area contributed by atoms with E-state index in [2.05, 4.69) is 10.6 Å². The number of carbonyl (C=O) groups is 3. The first-order valence-electron chi connectivity index (χ1n) is 9.95. The molecular formula is C23H24N2O7. The average molecular weight is 440 g/mol. The summed E-state index contributed by atoms with van der Waals surface area (Å²) >= 11 is 0. The third kappa shape index (κ3) is 6.00. The van der Waals surface area contributed by atoms with Crippen LogP contribution in [0.4, 0.5) is 0 Å². The Morgan fingerprint density at radius 1 is 1.09 bits per heavy atom. The minimum Gasteiger partial charge on any atom is -0.496 e. The molecule has 1 aliphatic heterocycles. The number of amides is 2. The van der Waals surface area contributed by atoms with Gasteiger partial charge in [0.15, 0.2) is 11.5 Å². The molecule has 168 valence electrons. The first kappa shape index (κ1) is 22.7. The van der Waals surface area contributed by atoms with Gasteiger partial charge in [-0.25, -0.2) is 0 Å². The number of hydrogen-bond acceptors (Lipinski definition) is 7. The number of fused-ring (bicyclic) bond motifs is 1. The van der Waals surface area contributed by atoms with Gasteiger partial charge in [-0.3, -0.25) is 14.4 Å². The molecule has 9 heteroatoms. The molecule has 0 atom stereocenters. The highest BCUT2D eigenvalue weighted by Gasteiger charge is 2.18. The Morgan fingerprint density at radius 3 is 2.66 bits per heavy atom. The monoisotopic (exact) mass is 440 g/mol. The van der Waals surface area contributed by atoms with Crippen molar-refractivity contribution in [3.63, 3.8) is 0 Å². The van der Waals surface area contributed by atoms with Crippen molar-refractivity contribution in [1.29, 1.82) is 0 Å². The maximum atomic E-state index is 12.9. The van der Waals surface area contributed by atoms with E-state index in [0.717, 1.165) is 0 Å². The molecule has 0 saturated heterocycles. The topological polar surface area (TPSA) is 112 Å². The Kier molecular flexibility index (Phi) is 7.69. The zero-order valence-electron chi connectivity index (χ0n) is 17.8. The minimum atomic E-state index is -0.496. The van der Waals surface area contributed by atoms with E-state index in [0.29, 0.717) is 29.2 Å². The van der Waals surface area contributed by atoms with Crippen LogP contribution >= 0.6 is 0 Å². The van der Waals surface area contributed by atoms with Gasteiger partial charge in [-0.05, 0) is 42.3 Å². The summed E-state index contributed by atoms with van der Waals surface area (Å²) in [6.45, 7) is 1.89. The second kappa shape index (κ2) is 10.9. The molecule has 2 aromatic carbocycles.